The van der Waals surface area contributed by atoms with Crippen LogP contribution in [0.3, 0.4) is 0 Å². The van der Waals surface area contributed by atoms with E-state index in [1.165, 1.54) is 19.2 Å². The van der Waals surface area contributed by atoms with Gasteiger partial charge in [0.25, 0.3) is 0 Å². The van der Waals surface area contributed by atoms with Crippen LogP contribution in [0.25, 0.3) is 0 Å². The van der Waals surface area contributed by atoms with E-state index in [2.05, 4.69) is 17.2 Å². The highest BCUT2D eigenvalue weighted by atomic mass is 31.2. The highest BCUT2D eigenvalue weighted by molar-refractivity contribution is 7.70. The number of hydrogen-bond acceptors (Lipinski definition) is 13. The van der Waals surface area contributed by atoms with Gasteiger partial charge in [0, 0.05) is 32.1 Å². The van der Waals surface area contributed by atoms with E-state index in [1.54, 1.807) is 13.8 Å². The lowest BCUT2D eigenvalue weighted by molar-refractivity contribution is -0.199. The third kappa shape index (κ3) is 11.6. The molecule has 44 heavy (non-hydrogen) atoms. The van der Waals surface area contributed by atoms with Crippen LogP contribution in [0, 0.1) is 11.8 Å². The Morgan fingerprint density at radius 3 is 2.36 bits per heavy atom. The molecule has 0 spiro atoms. The maximum absolute atomic E-state index is 12.6. The molecule has 1 aromatic rings. The Morgan fingerprint density at radius 1 is 1.20 bits per heavy atom. The number of aliphatic hydroxyl groups excluding tert-OH is 1. The molecule has 8 atom stereocenters. The number of amides is 1. The zero-order valence-electron chi connectivity index (χ0n) is 25.1. The minimum absolute atomic E-state index is 0.0274. The van der Waals surface area contributed by atoms with Crippen molar-refractivity contribution >= 4 is 39.5 Å². The Balaban J connectivity index is 0.00000102. The van der Waals surface area contributed by atoms with E-state index in [1.807, 2.05) is 6.92 Å². The Hall–Kier alpha value is -2.17. The first kappa shape index (κ1) is 38.0. The second-order valence-corrected chi connectivity index (χ2v) is 15.0. The van der Waals surface area contributed by atoms with Gasteiger partial charge in [0.1, 0.15) is 36.7 Å². The second kappa shape index (κ2) is 16.4. The highest BCUT2D eigenvalue weighted by Crippen LogP contribution is 2.59. The van der Waals surface area contributed by atoms with E-state index in [0.29, 0.717) is 25.1 Å². The molecule has 3 heterocycles. The summed E-state index contributed by atoms with van der Waals surface area (Å²) in [6.07, 6.45) is -0.863. The number of aliphatic hydroxyl groups is 1. The zero-order valence-corrected chi connectivity index (χ0v) is 26.9. The summed E-state index contributed by atoms with van der Waals surface area (Å²) < 4.78 is 53.2. The maximum atomic E-state index is 12.6. The first-order chi connectivity index (χ1) is 20.5. The lowest BCUT2D eigenvalue weighted by atomic mass is 10.1. The van der Waals surface area contributed by atoms with Crippen molar-refractivity contribution in [1.29, 1.82) is 0 Å². The first-order valence-electron chi connectivity index (χ1n) is 13.8. The molecule has 3 rings (SSSR count). The number of nitrogens with zero attached hydrogens (tertiary/aromatic N) is 2. The molecule has 1 aromatic heterocycles. The SMILES string of the molecule is CC(=O)Nc1ccn([C@@H]2O[C@H](COP(=O)(O)CP(=O)(O)OCC(C=O)CC=O)[C@@H]3OC(C)(C)OC32)c(=O)n1.CCC(C)CO. The Labute approximate surface area is 254 Å². The first-order valence-corrected chi connectivity index (χ1v) is 17.3. The quantitative estimate of drug-likeness (QED) is 0.152. The summed E-state index contributed by atoms with van der Waals surface area (Å²) in [4.78, 5) is 69.1. The van der Waals surface area contributed by atoms with Crippen molar-refractivity contribution in [3.8, 4) is 0 Å². The molecule has 17 nitrogen and oxygen atoms in total. The molecule has 2 fully saturated rings. The number of nitrogens with one attached hydrogen (secondary N) is 1. The molecular weight excluding hydrogens is 628 g/mol. The second-order valence-electron chi connectivity index (χ2n) is 10.8. The van der Waals surface area contributed by atoms with Gasteiger partial charge in [0.15, 0.2) is 17.9 Å². The van der Waals surface area contributed by atoms with Crippen molar-refractivity contribution in [2.45, 2.75) is 77.8 Å². The molecule has 4 N–H and O–H groups in total. The summed E-state index contributed by atoms with van der Waals surface area (Å²) in [7, 11) is -9.42. The molecule has 2 aliphatic rings. The number of aldehydes is 2. The molecule has 250 valence electrons. The van der Waals surface area contributed by atoms with Crippen LogP contribution in [0.1, 0.15) is 53.7 Å². The summed E-state index contributed by atoms with van der Waals surface area (Å²) in [6.45, 7) is 7.74. The number of carbonyl (C=O) groups excluding carboxylic acids is 3. The average molecular weight is 670 g/mol. The van der Waals surface area contributed by atoms with Crippen molar-refractivity contribution in [3.63, 3.8) is 0 Å². The molecule has 0 radical (unpaired) electrons. The fourth-order valence-electron chi connectivity index (χ4n) is 4.00. The van der Waals surface area contributed by atoms with Crippen LogP contribution >= 0.6 is 15.2 Å². The number of fused-ring (bicyclic) bond motifs is 1. The molecule has 1 amide bonds. The van der Waals surface area contributed by atoms with Gasteiger partial charge >= 0.3 is 20.9 Å². The van der Waals surface area contributed by atoms with Crippen molar-refractivity contribution in [1.82, 2.24) is 9.55 Å². The summed E-state index contributed by atoms with van der Waals surface area (Å²) in [5.74, 6) is -3.27. The van der Waals surface area contributed by atoms with Crippen molar-refractivity contribution in [2.75, 3.05) is 31.0 Å². The van der Waals surface area contributed by atoms with Crippen LogP contribution < -0.4 is 11.0 Å². The van der Waals surface area contributed by atoms with Gasteiger partial charge in [0.2, 0.25) is 5.91 Å². The standard InChI is InChI=1S/C20H29N3O13P2.C5H12O/c1-12(26)21-15-4-6-23(19(27)22-15)18-17-16(35-20(2,3)36-17)14(34-18)10-33-38(30,31)11-37(28,29)32-9-13(8-25)5-7-24;1-3-5(2)4-6/h4,6-8,13-14,16-18H,5,9-11H2,1-3H3,(H,28,29)(H,30,31)(H,21,22,26,27);5-6H,3-4H2,1-2H3/t13?,14-,16+,17?,18-;/m1./s1. The number of hydrogen-bond donors (Lipinski definition) is 4. The van der Waals surface area contributed by atoms with Crippen LogP contribution in [0.4, 0.5) is 5.82 Å². The number of ether oxygens (including phenoxy) is 3. The van der Waals surface area contributed by atoms with E-state index in [-0.39, 0.29) is 12.2 Å². The van der Waals surface area contributed by atoms with Crippen LogP contribution in [0.5, 0.6) is 0 Å². The number of carbonyl (C=O) groups is 3. The zero-order chi connectivity index (χ0) is 33.3. The topological polar surface area (TPSA) is 239 Å². The summed E-state index contributed by atoms with van der Waals surface area (Å²) >= 11 is 0. The fourth-order valence-corrected chi connectivity index (χ4v) is 7.26. The van der Waals surface area contributed by atoms with Gasteiger partial charge in [-0.2, -0.15) is 4.98 Å². The molecule has 5 unspecified atom stereocenters. The van der Waals surface area contributed by atoms with Crippen LogP contribution in [-0.2, 0) is 46.8 Å². The van der Waals surface area contributed by atoms with E-state index >= 15 is 0 Å². The van der Waals surface area contributed by atoms with Gasteiger partial charge in [-0.15, -0.1) is 0 Å². The molecular formula is C25H41N3O14P2. The van der Waals surface area contributed by atoms with Gasteiger partial charge in [-0.3, -0.25) is 18.5 Å². The lowest BCUT2D eigenvalue weighted by Gasteiger charge is -2.25. The maximum Gasteiger partial charge on any atom is 0.351 e. The van der Waals surface area contributed by atoms with Crippen LogP contribution in [-0.4, -0.2) is 92.7 Å². The van der Waals surface area contributed by atoms with Crippen molar-refractivity contribution in [3.05, 3.63) is 22.7 Å². The van der Waals surface area contributed by atoms with Crippen molar-refractivity contribution < 1.29 is 61.7 Å². The molecule has 2 saturated heterocycles. The van der Waals surface area contributed by atoms with Crippen LogP contribution in [0.15, 0.2) is 17.1 Å². The van der Waals surface area contributed by atoms with Crippen LogP contribution in [0.2, 0.25) is 0 Å². The third-order valence-electron chi connectivity index (χ3n) is 6.42. The Kier molecular flexibility index (Phi) is 14.2. The fraction of sp³-hybridized carbons (Fsp3) is 0.720. The number of aromatic nitrogens is 2. The Bertz CT molecular complexity index is 1290. The predicted molar refractivity (Wildman–Crippen MR) is 154 cm³/mol. The molecule has 0 saturated carbocycles. The van der Waals surface area contributed by atoms with Gasteiger partial charge in [-0.1, -0.05) is 20.3 Å². The Morgan fingerprint density at radius 2 is 1.84 bits per heavy atom. The number of rotatable bonds is 15. The van der Waals surface area contributed by atoms with E-state index < -0.39 is 82.2 Å². The molecule has 0 aromatic carbocycles. The van der Waals surface area contributed by atoms with E-state index in [0.717, 1.165) is 11.0 Å². The molecule has 2 aliphatic heterocycles. The van der Waals surface area contributed by atoms with E-state index in [4.69, 9.17) is 28.4 Å². The largest absolute Gasteiger partial charge is 0.396 e. The van der Waals surface area contributed by atoms with Crippen molar-refractivity contribution in [2.24, 2.45) is 11.8 Å². The smallest absolute Gasteiger partial charge is 0.351 e. The van der Waals surface area contributed by atoms with Gasteiger partial charge < -0.3 is 53.1 Å². The summed E-state index contributed by atoms with van der Waals surface area (Å²) in [6, 6.07) is 1.37. The molecule has 19 heteroatoms. The third-order valence-corrected chi connectivity index (χ3v) is 10.4. The summed E-state index contributed by atoms with van der Waals surface area (Å²) in [5, 5.41) is 10.7. The summed E-state index contributed by atoms with van der Waals surface area (Å²) in [5.41, 5.74) is -0.774. The average Bonchev–Trinajstić information content (AvgIpc) is 3.41. The number of anilines is 1. The molecule has 0 bridgehead atoms. The van der Waals surface area contributed by atoms with Gasteiger partial charge in [-0.25, -0.2) is 4.79 Å². The highest BCUT2D eigenvalue weighted by Gasteiger charge is 2.56. The minimum Gasteiger partial charge on any atom is -0.396 e. The van der Waals surface area contributed by atoms with Gasteiger partial charge in [0.05, 0.1) is 13.2 Å². The normalized spacial score (nSPS) is 26.2. The lowest BCUT2D eigenvalue weighted by Crippen LogP contribution is -2.35. The minimum atomic E-state index is -4.73. The monoisotopic (exact) mass is 669 g/mol. The van der Waals surface area contributed by atoms with E-state index in [9.17, 15) is 38.1 Å². The molecule has 0 aliphatic carbocycles. The van der Waals surface area contributed by atoms with Gasteiger partial charge in [-0.05, 0) is 25.8 Å². The predicted octanol–water partition coefficient (Wildman–Crippen LogP) is 1.41.